The van der Waals surface area contributed by atoms with Gasteiger partial charge in [-0.3, -0.25) is 14.6 Å². The number of aromatic nitrogens is 5. The van der Waals surface area contributed by atoms with E-state index < -0.39 is 17.6 Å². The number of imidazole rings is 1. The van der Waals surface area contributed by atoms with Gasteiger partial charge >= 0.3 is 6.18 Å². The third-order valence-electron chi connectivity index (χ3n) is 12.6. The molecule has 5 aromatic rings. The first-order valence-electron chi connectivity index (χ1n) is 26.5. The van der Waals surface area contributed by atoms with Crippen molar-refractivity contribution in [3.05, 3.63) is 114 Å². The highest BCUT2D eigenvalue weighted by Crippen LogP contribution is 2.43. The minimum absolute atomic E-state index is 0.0307. The Hall–Kier alpha value is -6.41. The van der Waals surface area contributed by atoms with E-state index in [1.54, 1.807) is 62.0 Å². The van der Waals surface area contributed by atoms with Crippen molar-refractivity contribution < 1.29 is 70.1 Å². The number of fused-ring (bicyclic) bond motifs is 2. The molecule has 1 fully saturated rings. The molecule has 3 N–H and O–H groups in total. The second kappa shape index (κ2) is 32.6. The van der Waals surface area contributed by atoms with E-state index in [0.717, 1.165) is 30.5 Å². The molecule has 1 saturated carbocycles. The summed E-state index contributed by atoms with van der Waals surface area (Å²) in [5.74, 6) is 1.41. The third kappa shape index (κ3) is 21.0. The van der Waals surface area contributed by atoms with Gasteiger partial charge in [-0.1, -0.05) is 18.2 Å². The molecule has 7 rings (SSSR count). The van der Waals surface area contributed by atoms with Gasteiger partial charge in [0.05, 0.1) is 148 Å². The fourth-order valence-corrected chi connectivity index (χ4v) is 8.54. The molecule has 3 atom stereocenters. The van der Waals surface area contributed by atoms with Crippen LogP contribution < -0.4 is 20.7 Å². The van der Waals surface area contributed by atoms with E-state index >= 15 is 0 Å². The minimum Gasteiger partial charge on any atom is -0.490 e. The lowest BCUT2D eigenvalue weighted by atomic mass is 9.93. The Morgan fingerprint density at radius 3 is 1.84 bits per heavy atom. The molecule has 0 saturated heterocycles. The Morgan fingerprint density at radius 1 is 0.671 bits per heavy atom. The number of pyridine rings is 1. The molecule has 2 aliphatic rings. The number of benzene rings is 2. The number of anilines is 3. The minimum atomic E-state index is -4.64. The van der Waals surface area contributed by atoms with Gasteiger partial charge in [-0.15, -0.1) is 0 Å². The van der Waals surface area contributed by atoms with Crippen molar-refractivity contribution in [3.63, 3.8) is 0 Å². The molecule has 0 aliphatic heterocycles. The summed E-state index contributed by atoms with van der Waals surface area (Å²) in [4.78, 5) is 43.1. The van der Waals surface area contributed by atoms with Crippen LogP contribution >= 0.6 is 0 Å². The largest absolute Gasteiger partial charge is 0.490 e. The van der Waals surface area contributed by atoms with Crippen LogP contribution in [0, 0.1) is 31.6 Å². The predicted octanol–water partition coefficient (Wildman–Crippen LogP) is 7.21. The molecule has 3 heterocycles. The number of allylic oxidation sites excluding steroid dienone is 2. The van der Waals surface area contributed by atoms with E-state index in [4.69, 9.17) is 47.4 Å². The Balaban J connectivity index is 0.647. The number of alkyl halides is 3. The number of halogens is 3. The predicted molar refractivity (Wildman–Crippen MR) is 286 cm³/mol. The van der Waals surface area contributed by atoms with Gasteiger partial charge in [0, 0.05) is 59.2 Å². The van der Waals surface area contributed by atoms with Crippen LogP contribution in [0.5, 0.6) is 5.75 Å². The lowest BCUT2D eigenvalue weighted by molar-refractivity contribution is -0.137. The number of rotatable bonds is 38. The molecular weight excluding hydrogens is 1030 g/mol. The number of hydrogen-bond donors (Lipinski definition) is 3. The van der Waals surface area contributed by atoms with Crippen LogP contribution in [0.25, 0.3) is 16.9 Å². The first-order valence-corrected chi connectivity index (χ1v) is 26.5. The normalized spacial score (nSPS) is 15.7. The molecule has 2 aromatic carbocycles. The number of aryl methyl sites for hydroxylation is 2. The summed E-state index contributed by atoms with van der Waals surface area (Å²) in [6.45, 7) is 12.3. The molecule has 79 heavy (non-hydrogen) atoms. The van der Waals surface area contributed by atoms with Gasteiger partial charge in [0.25, 0.3) is 5.91 Å². The maximum atomic E-state index is 13.8. The lowest BCUT2D eigenvalue weighted by Gasteiger charge is -2.17. The van der Waals surface area contributed by atoms with Crippen molar-refractivity contribution in [2.75, 3.05) is 143 Å². The van der Waals surface area contributed by atoms with Crippen molar-refractivity contribution in [2.24, 2.45) is 17.8 Å². The van der Waals surface area contributed by atoms with Gasteiger partial charge < -0.3 is 67.9 Å². The van der Waals surface area contributed by atoms with Crippen molar-refractivity contribution >= 4 is 29.1 Å². The average Bonchev–Trinajstić information content (AvgIpc) is 4.29. The second-order valence-corrected chi connectivity index (χ2v) is 18.5. The molecule has 428 valence electrons. The summed E-state index contributed by atoms with van der Waals surface area (Å²) in [5.41, 5.74) is 2.59. The van der Waals surface area contributed by atoms with Crippen LogP contribution in [0.15, 0.2) is 91.8 Å². The molecule has 2 amide bonds. The standard InChI is InChI=1S/C56H71F3N8O12/c1-40-3-5-44(53(68)64-47-33-46(56(57,58)59)34-48(35-47)67-38-41(2)63-39-67)32-52(40)66-55-62-8-7-51(65-55)45-31-49(37-60-36-45)79-28-27-78-26-25-77-24-23-76-22-21-75-20-19-74-18-17-73-16-15-72-14-13-71-12-11-70-10-9-61-54(69)50-30-42-4-6-43(50)29-42/h3-8,31-39,42-43,50H,9-30H2,1-2H3,(H,61,69)(H,64,68)(H,62,65,66). The summed E-state index contributed by atoms with van der Waals surface area (Å²) >= 11 is 0. The maximum Gasteiger partial charge on any atom is 0.416 e. The SMILES string of the molecule is Cc1cn(-c2cc(NC(=O)c3ccc(C)c(Nc4nccc(-c5cncc(OCCOCCOCCOCCOCCOCCOCCOCCOCCOCCNC(=O)C6CC7C=CC6C7)c5)n4)c3)cc(C(F)(F)F)c2)cn1. The topological polar surface area (TPSA) is 219 Å². The molecule has 20 nitrogen and oxygen atoms in total. The van der Waals surface area contributed by atoms with E-state index in [9.17, 15) is 22.8 Å². The number of carbonyl (C=O) groups is 2. The van der Waals surface area contributed by atoms with E-state index in [2.05, 4.69) is 48.0 Å². The molecule has 2 bridgehead atoms. The Bertz CT molecular complexity index is 2680. The Kier molecular flexibility index (Phi) is 24.9. The highest BCUT2D eigenvalue weighted by Gasteiger charge is 2.39. The summed E-state index contributed by atoms with van der Waals surface area (Å²) in [5, 5.41) is 8.75. The zero-order valence-corrected chi connectivity index (χ0v) is 44.7. The number of nitrogens with zero attached hydrogens (tertiary/aromatic N) is 5. The molecule has 2 aliphatic carbocycles. The maximum absolute atomic E-state index is 13.8. The fourth-order valence-electron chi connectivity index (χ4n) is 8.54. The van der Waals surface area contributed by atoms with Gasteiger partial charge in [0.15, 0.2) is 0 Å². The van der Waals surface area contributed by atoms with Crippen LogP contribution in [0.1, 0.15) is 40.0 Å². The summed E-state index contributed by atoms with van der Waals surface area (Å²) < 4.78 is 98.8. The first kappa shape index (κ1) is 60.2. The van der Waals surface area contributed by atoms with Gasteiger partial charge in [-0.2, -0.15) is 13.2 Å². The van der Waals surface area contributed by atoms with Gasteiger partial charge in [-0.05, 0) is 86.6 Å². The summed E-state index contributed by atoms with van der Waals surface area (Å²) in [7, 11) is 0. The fraction of sp³-hybridized carbons (Fsp3) is 0.500. The highest BCUT2D eigenvalue weighted by molar-refractivity contribution is 6.05. The Labute approximate surface area is 458 Å². The van der Waals surface area contributed by atoms with E-state index in [1.165, 1.54) is 17.0 Å². The zero-order chi connectivity index (χ0) is 55.5. The van der Waals surface area contributed by atoms with Crippen molar-refractivity contribution in [3.8, 4) is 22.7 Å². The quantitative estimate of drug-likeness (QED) is 0.0263. The molecular formula is C56H71F3N8O12. The zero-order valence-electron chi connectivity index (χ0n) is 44.7. The second-order valence-electron chi connectivity index (χ2n) is 18.5. The van der Waals surface area contributed by atoms with Crippen LogP contribution in [0.3, 0.4) is 0 Å². The Morgan fingerprint density at radius 2 is 1.28 bits per heavy atom. The van der Waals surface area contributed by atoms with E-state index in [-0.39, 0.29) is 41.3 Å². The van der Waals surface area contributed by atoms with E-state index in [1.807, 2.05) is 6.92 Å². The van der Waals surface area contributed by atoms with Crippen LogP contribution in [-0.2, 0) is 53.6 Å². The summed E-state index contributed by atoms with van der Waals surface area (Å²) in [6.07, 6.45) is 9.69. The lowest BCUT2D eigenvalue weighted by Crippen LogP contribution is -2.35. The highest BCUT2D eigenvalue weighted by atomic mass is 19.4. The van der Waals surface area contributed by atoms with Crippen LogP contribution in [0.2, 0.25) is 0 Å². The van der Waals surface area contributed by atoms with Crippen molar-refractivity contribution in [1.29, 1.82) is 0 Å². The first-order chi connectivity index (χ1) is 38.5. The molecule has 3 aromatic heterocycles. The monoisotopic (exact) mass is 1100 g/mol. The van der Waals surface area contributed by atoms with Crippen molar-refractivity contribution in [2.45, 2.75) is 32.9 Å². The van der Waals surface area contributed by atoms with Crippen LogP contribution in [-0.4, -0.2) is 168 Å². The van der Waals surface area contributed by atoms with Gasteiger partial charge in [0.1, 0.15) is 12.4 Å². The third-order valence-corrected chi connectivity index (χ3v) is 12.6. The smallest absolute Gasteiger partial charge is 0.416 e. The number of amides is 2. The molecule has 0 spiro atoms. The van der Waals surface area contributed by atoms with Crippen LogP contribution in [0.4, 0.5) is 30.5 Å². The number of ether oxygens (including phenoxy) is 10. The van der Waals surface area contributed by atoms with Gasteiger partial charge in [0.2, 0.25) is 11.9 Å². The molecule has 0 radical (unpaired) electrons. The number of carbonyl (C=O) groups excluding carboxylic acids is 2. The molecule has 3 unspecified atom stereocenters. The van der Waals surface area contributed by atoms with E-state index in [0.29, 0.717) is 166 Å². The number of hydrogen-bond acceptors (Lipinski definition) is 17. The van der Waals surface area contributed by atoms with Crippen molar-refractivity contribution in [1.82, 2.24) is 29.8 Å². The molecule has 23 heteroatoms. The average molecular weight is 1110 g/mol. The number of nitrogens with one attached hydrogen (secondary N) is 3. The van der Waals surface area contributed by atoms with Gasteiger partial charge in [-0.25, -0.2) is 15.0 Å². The summed E-state index contributed by atoms with van der Waals surface area (Å²) in [6, 6.07) is 11.7.